The minimum Gasteiger partial charge on any atom is -0.444 e. The number of nitrogens with zero attached hydrogens (tertiary/aromatic N) is 15. The van der Waals surface area contributed by atoms with Crippen molar-refractivity contribution in [1.29, 1.82) is 0 Å². The van der Waals surface area contributed by atoms with E-state index in [2.05, 4.69) is 71.1 Å². The van der Waals surface area contributed by atoms with Gasteiger partial charge in [-0.2, -0.15) is 0 Å². The average molecular weight is 1290 g/mol. The smallest absolute Gasteiger partial charge is 0.410 e. The fourth-order valence-corrected chi connectivity index (χ4v) is 10.0. The first-order chi connectivity index (χ1) is 42.8. The molecule has 0 bridgehead atoms. The van der Waals surface area contributed by atoms with Crippen LogP contribution in [0, 0.1) is 0 Å². The van der Waals surface area contributed by atoms with Crippen LogP contribution < -0.4 is 27.0 Å². The van der Waals surface area contributed by atoms with Crippen molar-refractivity contribution in [3.8, 4) is 22.8 Å². The largest absolute Gasteiger partial charge is 0.444 e. The van der Waals surface area contributed by atoms with Gasteiger partial charge in [-0.25, -0.2) is 44.3 Å². The number of hydrogen-bond donors (Lipinski definition) is 5. The minimum absolute atomic E-state index is 0.110. The number of ether oxygens (including phenoxy) is 3. The van der Waals surface area contributed by atoms with Crippen LogP contribution in [0.1, 0.15) is 88.0 Å². The Kier molecular flexibility index (Phi) is 23.3. The molecule has 26 nitrogen and oxygen atoms in total. The Hall–Kier alpha value is -8.30. The molecule has 8 aromatic rings. The van der Waals surface area contributed by atoms with Crippen molar-refractivity contribution in [2.24, 2.45) is 5.73 Å². The van der Waals surface area contributed by atoms with Crippen molar-refractivity contribution in [3.63, 3.8) is 0 Å². The van der Waals surface area contributed by atoms with Gasteiger partial charge in [0.1, 0.15) is 72.4 Å². The molecular formula is C61H79Cl3N20O6. The summed E-state index contributed by atoms with van der Waals surface area (Å²) >= 11 is 16.6. The van der Waals surface area contributed by atoms with Crippen LogP contribution in [-0.4, -0.2) is 185 Å². The molecule has 12 heterocycles. The Morgan fingerprint density at radius 2 is 0.900 bits per heavy atom. The van der Waals surface area contributed by atoms with Gasteiger partial charge in [-0.1, -0.05) is 46.9 Å². The summed E-state index contributed by atoms with van der Waals surface area (Å²) < 4.78 is 20.0. The molecule has 8 aromatic heterocycles. The number of hydrogen-bond acceptors (Lipinski definition) is 21. The third-order valence-corrected chi connectivity index (χ3v) is 14.0. The van der Waals surface area contributed by atoms with Gasteiger partial charge in [0.25, 0.3) is 0 Å². The van der Waals surface area contributed by atoms with Crippen molar-refractivity contribution >= 4 is 81.8 Å². The summed E-state index contributed by atoms with van der Waals surface area (Å²) in [6, 6.07) is 12.6. The first-order valence-corrected chi connectivity index (χ1v) is 30.7. The lowest BCUT2D eigenvalue weighted by Gasteiger charge is -2.24. The zero-order valence-electron chi connectivity index (χ0n) is 52.1. The van der Waals surface area contributed by atoms with Crippen LogP contribution in [0.2, 0.25) is 15.5 Å². The van der Waals surface area contributed by atoms with E-state index in [1.807, 2.05) is 126 Å². The molecule has 4 saturated heterocycles. The van der Waals surface area contributed by atoms with Gasteiger partial charge >= 0.3 is 18.3 Å². The van der Waals surface area contributed by atoms with Crippen molar-refractivity contribution in [3.05, 3.63) is 126 Å². The molecule has 0 aliphatic carbocycles. The van der Waals surface area contributed by atoms with E-state index in [0.29, 0.717) is 65.9 Å². The van der Waals surface area contributed by atoms with Gasteiger partial charge in [-0.05, 0) is 119 Å². The molecule has 4 aliphatic rings. The predicted octanol–water partition coefficient (Wildman–Crippen LogP) is 10.1. The number of pyridine rings is 2. The van der Waals surface area contributed by atoms with Crippen LogP contribution in [0.25, 0.3) is 34.1 Å². The third kappa shape index (κ3) is 21.2. The van der Waals surface area contributed by atoms with Gasteiger partial charge < -0.3 is 55.9 Å². The van der Waals surface area contributed by atoms with Crippen molar-refractivity contribution in [2.75, 3.05) is 68.3 Å². The summed E-state index contributed by atoms with van der Waals surface area (Å²) in [5, 5.41) is 14.3. The van der Waals surface area contributed by atoms with Gasteiger partial charge in [0.05, 0.1) is 73.4 Å². The summed E-state index contributed by atoms with van der Waals surface area (Å²) in [6.45, 7) is 22.6. The molecule has 0 saturated carbocycles. The summed E-state index contributed by atoms with van der Waals surface area (Å²) in [7, 11) is 0. The SMILES string of the molecule is CC(C)(C)OC(=O)N1CC[C@@H](N)C1.CC(C)(C)OC(=O)N1CC[C@@H](Nc2cncc(-c3cnc4ccccn34)n2)C1.CC(C)(C)OC(=O)N1CC[C@@H](Nc2cncc(Cl)n2)C1.Clc1cncc(Cl)n1.c1ccn2c(-c3cncc(N[C@@H]4CCNC4)n3)cnc2c1. The number of halogens is 3. The lowest BCUT2D eigenvalue weighted by Crippen LogP contribution is -2.36. The first kappa shape index (κ1) is 67.6. The molecule has 0 radical (unpaired) electrons. The molecule has 4 atom stereocenters. The van der Waals surface area contributed by atoms with E-state index in [-0.39, 0.29) is 36.4 Å². The lowest BCUT2D eigenvalue weighted by molar-refractivity contribution is 0.0282. The number of nitrogens with one attached hydrogen (secondary N) is 4. The molecule has 480 valence electrons. The Morgan fingerprint density at radius 1 is 0.500 bits per heavy atom. The normalized spacial score (nSPS) is 18.0. The number of fused-ring (bicyclic) bond motifs is 2. The molecule has 0 aromatic carbocycles. The van der Waals surface area contributed by atoms with Crippen molar-refractivity contribution in [1.82, 2.24) is 78.7 Å². The molecule has 6 N–H and O–H groups in total. The summed E-state index contributed by atoms with van der Waals surface area (Å²) in [6.07, 6.45) is 23.3. The van der Waals surface area contributed by atoms with Crippen LogP contribution in [-0.2, 0) is 14.2 Å². The predicted molar refractivity (Wildman–Crippen MR) is 346 cm³/mol. The zero-order valence-corrected chi connectivity index (χ0v) is 54.3. The highest BCUT2D eigenvalue weighted by atomic mass is 35.5. The fraction of sp³-hybridized carbons (Fsp3) is 0.459. The number of nitrogens with two attached hydrogens (primary N) is 1. The van der Waals surface area contributed by atoms with Crippen LogP contribution in [0.15, 0.2) is 111 Å². The number of anilines is 3. The van der Waals surface area contributed by atoms with Gasteiger partial charge in [-0.15, -0.1) is 0 Å². The molecule has 90 heavy (non-hydrogen) atoms. The van der Waals surface area contributed by atoms with Gasteiger partial charge in [0.15, 0.2) is 0 Å². The molecule has 29 heteroatoms. The van der Waals surface area contributed by atoms with Crippen molar-refractivity contribution in [2.45, 2.75) is 129 Å². The topological polar surface area (TPSA) is 300 Å². The lowest BCUT2D eigenvalue weighted by atomic mass is 10.2. The number of rotatable bonds is 8. The molecule has 4 fully saturated rings. The number of carbonyl (C=O) groups is 3. The van der Waals surface area contributed by atoms with Gasteiger partial charge in [0, 0.05) is 82.4 Å². The summed E-state index contributed by atoms with van der Waals surface area (Å²) in [4.78, 5) is 82.9. The Labute approximate surface area is 538 Å². The third-order valence-electron chi connectivity index (χ3n) is 13.5. The zero-order chi connectivity index (χ0) is 64.6. The second-order valence-electron chi connectivity index (χ2n) is 24.5. The quantitative estimate of drug-likeness (QED) is 0.0884. The van der Waals surface area contributed by atoms with E-state index in [1.165, 1.54) is 18.6 Å². The van der Waals surface area contributed by atoms with Crippen LogP contribution >= 0.6 is 34.8 Å². The molecule has 4 aliphatic heterocycles. The fourth-order valence-electron chi connectivity index (χ4n) is 9.52. The second-order valence-corrected chi connectivity index (χ2v) is 25.7. The highest BCUT2D eigenvalue weighted by Crippen LogP contribution is 2.25. The van der Waals surface area contributed by atoms with Crippen LogP contribution in [0.3, 0.4) is 0 Å². The average Bonchev–Trinajstić information content (AvgIpc) is 2.19. The number of amides is 3. The maximum Gasteiger partial charge on any atom is 0.410 e. The van der Waals surface area contributed by atoms with E-state index < -0.39 is 16.8 Å². The highest BCUT2D eigenvalue weighted by Gasteiger charge is 2.32. The molecular weight excluding hydrogens is 1220 g/mol. The monoisotopic (exact) mass is 1290 g/mol. The van der Waals surface area contributed by atoms with Crippen molar-refractivity contribution < 1.29 is 28.6 Å². The van der Waals surface area contributed by atoms with E-state index in [0.717, 1.165) is 85.2 Å². The Balaban J connectivity index is 0.000000152. The van der Waals surface area contributed by atoms with E-state index in [4.69, 9.17) is 54.7 Å². The molecule has 0 unspecified atom stereocenters. The molecule has 0 spiro atoms. The van der Waals surface area contributed by atoms with Crippen LogP contribution in [0.5, 0.6) is 0 Å². The summed E-state index contributed by atoms with van der Waals surface area (Å²) in [5.41, 5.74) is 9.47. The molecule has 3 amide bonds. The maximum atomic E-state index is 12.2. The first-order valence-electron chi connectivity index (χ1n) is 29.6. The van der Waals surface area contributed by atoms with Gasteiger partial charge in [-0.3, -0.25) is 28.7 Å². The highest BCUT2D eigenvalue weighted by molar-refractivity contribution is 6.32. The van der Waals surface area contributed by atoms with E-state index in [1.54, 1.807) is 51.9 Å². The van der Waals surface area contributed by atoms with E-state index in [9.17, 15) is 14.4 Å². The number of carbonyl (C=O) groups excluding carboxylic acids is 3. The van der Waals surface area contributed by atoms with E-state index >= 15 is 0 Å². The minimum atomic E-state index is -0.490. The number of aromatic nitrogens is 12. The second kappa shape index (κ2) is 30.9. The standard InChI is InChI=1S/C20H24N6O2.C15H16N6.C13H19ClN4O2.C9H18N2O2.C4H2Cl2N2/c1-20(2,3)28-19(27)25-9-7-14(13-25)23-17-12-21-10-15(24-17)16-11-22-18-6-4-5-8-26(16)18;1-2-6-21-13(9-18-15(21)3-1)12-8-17-10-14(20-12)19-11-4-5-16-7-11;1-13(2,3)20-12(19)18-5-4-9(8-18)16-11-7-15-6-10(14)17-11;1-9(2,3)13-8(12)11-5-4-7(10)6-11;5-3-1-7-2-4(6)8-3/h4-6,8,10-12,14H,7,9,13H2,1-3H3,(H,23,24);1-3,6,8-11,16H,4-5,7H2,(H,19,20);6-7,9H,4-5,8H2,1-3H3,(H,16,17);7H,4-6,10H2,1-3H3;1-2H/t14-;11-;9-;7-;/m1111./s1. The van der Waals surface area contributed by atoms with Crippen LogP contribution in [0.4, 0.5) is 31.8 Å². The number of likely N-dealkylation sites (tertiary alicyclic amines) is 3. The Morgan fingerprint density at radius 3 is 1.29 bits per heavy atom. The Bertz CT molecular complexity index is 3630. The maximum absolute atomic E-state index is 12.2. The molecule has 12 rings (SSSR count). The summed E-state index contributed by atoms with van der Waals surface area (Å²) in [5.74, 6) is 2.11. The van der Waals surface area contributed by atoms with Gasteiger partial charge in [0.2, 0.25) is 0 Å². The number of imidazole rings is 2.